The van der Waals surface area contributed by atoms with Crippen molar-refractivity contribution in [3.63, 3.8) is 0 Å². The predicted molar refractivity (Wildman–Crippen MR) is 213 cm³/mol. The number of aromatic hydroxyl groups is 2. The zero-order valence-corrected chi connectivity index (χ0v) is 31.5. The molecule has 0 unspecified atom stereocenters. The van der Waals surface area contributed by atoms with Crippen molar-refractivity contribution in [1.29, 1.82) is 0 Å². The Morgan fingerprint density at radius 2 is 0.926 bits per heavy atom. The lowest BCUT2D eigenvalue weighted by Crippen LogP contribution is -2.20. The number of para-hydroxylation sites is 4. The third-order valence-electron chi connectivity index (χ3n) is 9.91. The van der Waals surface area contributed by atoms with Crippen LogP contribution >= 0.6 is 0 Å². The van der Waals surface area contributed by atoms with Crippen LogP contribution < -0.4 is 20.1 Å². The average molecular weight is 729 g/mol. The number of ketones is 2. The van der Waals surface area contributed by atoms with E-state index in [4.69, 9.17) is 9.47 Å². The van der Waals surface area contributed by atoms with Gasteiger partial charge in [0, 0.05) is 45.8 Å². The van der Waals surface area contributed by atoms with E-state index in [0.29, 0.717) is 56.3 Å². The molecule has 0 heterocycles. The van der Waals surface area contributed by atoms with Crippen molar-refractivity contribution in [3.8, 4) is 34.1 Å². The molecule has 278 valence electrons. The number of carbonyl (C=O) groups is 2. The van der Waals surface area contributed by atoms with Crippen molar-refractivity contribution in [2.45, 2.75) is 41.5 Å². The summed E-state index contributed by atoms with van der Waals surface area (Å²) in [5.41, 5.74) is 4.70. The highest BCUT2D eigenvalue weighted by atomic mass is 16.5. The minimum Gasteiger partial charge on any atom is -0.507 e. The molecular formula is C44H44N2O8. The lowest BCUT2D eigenvalue weighted by molar-refractivity contribution is -0.113. The van der Waals surface area contributed by atoms with Gasteiger partial charge in [0.2, 0.25) is 11.6 Å². The number of phenolic OH excluding ortho intramolecular Hbond substituents is 2. The van der Waals surface area contributed by atoms with Gasteiger partial charge in [-0.25, -0.2) is 0 Å². The average Bonchev–Trinajstić information content (AvgIpc) is 3.13. The number of hydrogen-bond donors (Lipinski definition) is 6. The lowest BCUT2D eigenvalue weighted by atomic mass is 9.75. The van der Waals surface area contributed by atoms with E-state index in [2.05, 4.69) is 10.6 Å². The summed E-state index contributed by atoms with van der Waals surface area (Å²) in [5, 5.41) is 53.5. The van der Waals surface area contributed by atoms with E-state index in [-0.39, 0.29) is 56.7 Å². The van der Waals surface area contributed by atoms with E-state index in [1.165, 1.54) is 26.6 Å². The molecule has 2 aliphatic rings. The number of hydrogen-bond acceptors (Lipinski definition) is 10. The molecule has 0 bridgehead atoms. The van der Waals surface area contributed by atoms with Crippen LogP contribution in [0.4, 0.5) is 11.4 Å². The molecule has 0 fully saturated rings. The summed E-state index contributed by atoms with van der Waals surface area (Å²) in [4.78, 5) is 27.9. The number of anilines is 2. The maximum absolute atomic E-state index is 13.9. The standard InChI is InChI=1S/C44H44N2O8/c1-21(2)33-25-17-23(5)35(41(49)37(25)27(39(47)43(33)51)19-45-29-13-9-11-15-31(29)53-7)36-24(6)18-26-34(22(3)4)44(52)40(48)28(38(26)42(36)50)20-46-30-14-10-12-16-32(30)54-8/h9-22,45-46,49-52H,1-8H3/b27-19-,28-20+. The molecule has 0 radical (unpaired) electrons. The first-order valence-electron chi connectivity index (χ1n) is 17.6. The van der Waals surface area contributed by atoms with Gasteiger partial charge in [0.25, 0.3) is 0 Å². The largest absolute Gasteiger partial charge is 0.507 e. The Bertz CT molecular complexity index is 2200. The normalized spacial score (nSPS) is 15.7. The number of Topliss-reactive ketones (excluding diaryl/α,β-unsaturated/α-hetero) is 2. The number of aliphatic hydroxyl groups excluding tert-OH is 2. The fraction of sp³-hybridized carbons (Fsp3) is 0.227. The summed E-state index contributed by atoms with van der Waals surface area (Å²) in [7, 11) is 3.05. The second-order valence-corrected chi connectivity index (χ2v) is 14.0. The number of nitrogens with one attached hydrogen (secondary N) is 2. The molecule has 10 heteroatoms. The number of carbonyl (C=O) groups excluding carboxylic acids is 2. The highest BCUT2D eigenvalue weighted by Crippen LogP contribution is 2.53. The number of allylic oxidation sites excluding steroid dienone is 4. The molecule has 0 aliphatic heterocycles. The molecule has 10 nitrogen and oxygen atoms in total. The zero-order valence-electron chi connectivity index (χ0n) is 31.5. The Balaban J connectivity index is 1.63. The molecule has 6 rings (SSSR count). The quantitative estimate of drug-likeness (QED) is 0.0918. The third-order valence-corrected chi connectivity index (χ3v) is 9.91. The van der Waals surface area contributed by atoms with Gasteiger partial charge in [0.05, 0.1) is 36.7 Å². The van der Waals surface area contributed by atoms with E-state index in [1.807, 2.05) is 27.7 Å². The molecule has 0 atom stereocenters. The van der Waals surface area contributed by atoms with Gasteiger partial charge in [0.1, 0.15) is 23.0 Å². The lowest BCUT2D eigenvalue weighted by Gasteiger charge is -2.29. The van der Waals surface area contributed by atoms with Crippen LogP contribution in [0, 0.1) is 25.7 Å². The molecule has 4 aromatic rings. The summed E-state index contributed by atoms with van der Waals surface area (Å²) in [6.07, 6.45) is 2.85. The SMILES string of the molecule is COc1ccccc1N/C=C1\C(=O)C(O)=C(C(C)C)c2cc(C)c(-c3c(C)cc4c(c3O)/C(=C\Nc3ccccc3OC)C(=O)C(O)=C4C(C)C)c(O)c21. The van der Waals surface area contributed by atoms with Gasteiger partial charge in [-0.2, -0.15) is 0 Å². The number of fused-ring (bicyclic) bond motifs is 2. The van der Waals surface area contributed by atoms with Gasteiger partial charge in [-0.15, -0.1) is 0 Å². The first kappa shape index (κ1) is 37.3. The maximum atomic E-state index is 13.9. The zero-order chi connectivity index (χ0) is 39.2. The fourth-order valence-electron chi connectivity index (χ4n) is 7.46. The molecule has 6 N–H and O–H groups in total. The van der Waals surface area contributed by atoms with Crippen molar-refractivity contribution in [2.75, 3.05) is 24.9 Å². The van der Waals surface area contributed by atoms with E-state index >= 15 is 0 Å². The van der Waals surface area contributed by atoms with Crippen molar-refractivity contribution >= 4 is 45.2 Å². The Kier molecular flexibility index (Phi) is 10.1. The molecule has 0 amide bonds. The Hall–Kier alpha value is -6.42. The molecule has 0 spiro atoms. The van der Waals surface area contributed by atoms with Crippen LogP contribution in [0.3, 0.4) is 0 Å². The molecule has 0 saturated heterocycles. The summed E-state index contributed by atoms with van der Waals surface area (Å²) in [6, 6.07) is 17.8. The van der Waals surface area contributed by atoms with Crippen LogP contribution in [0.2, 0.25) is 0 Å². The van der Waals surface area contributed by atoms with Gasteiger partial charge in [-0.1, -0.05) is 64.1 Å². The van der Waals surface area contributed by atoms with Crippen LogP contribution in [-0.2, 0) is 9.59 Å². The van der Waals surface area contributed by atoms with Crippen molar-refractivity contribution in [1.82, 2.24) is 0 Å². The number of phenols is 2. The maximum Gasteiger partial charge on any atom is 0.229 e. The predicted octanol–water partition coefficient (Wildman–Crippen LogP) is 9.32. The highest BCUT2D eigenvalue weighted by molar-refractivity contribution is 6.35. The second kappa shape index (κ2) is 14.5. The number of ether oxygens (including phenoxy) is 2. The van der Waals surface area contributed by atoms with Crippen LogP contribution in [0.25, 0.3) is 33.4 Å². The molecule has 0 saturated carbocycles. The van der Waals surface area contributed by atoms with E-state index < -0.39 is 23.1 Å². The van der Waals surface area contributed by atoms with Crippen molar-refractivity contribution in [2.24, 2.45) is 11.8 Å². The number of benzene rings is 4. The molecule has 0 aromatic heterocycles. The van der Waals surface area contributed by atoms with E-state index in [1.54, 1.807) is 74.5 Å². The Labute approximate surface area is 314 Å². The molecule has 2 aliphatic carbocycles. The highest BCUT2D eigenvalue weighted by Gasteiger charge is 2.38. The van der Waals surface area contributed by atoms with Crippen molar-refractivity contribution < 1.29 is 39.5 Å². The van der Waals surface area contributed by atoms with Gasteiger partial charge in [-0.05, 0) is 72.2 Å². The number of methoxy groups -OCH3 is 2. The minimum atomic E-state index is -0.689. The monoisotopic (exact) mass is 728 g/mol. The summed E-state index contributed by atoms with van der Waals surface area (Å²) < 4.78 is 10.9. The first-order valence-corrected chi connectivity index (χ1v) is 17.6. The van der Waals surface area contributed by atoms with Gasteiger partial charge >= 0.3 is 0 Å². The van der Waals surface area contributed by atoms with Crippen LogP contribution in [-0.4, -0.2) is 46.2 Å². The summed E-state index contributed by atoms with van der Waals surface area (Å²) >= 11 is 0. The number of aliphatic hydroxyl groups is 2. The van der Waals surface area contributed by atoms with E-state index in [9.17, 15) is 30.0 Å². The molecule has 54 heavy (non-hydrogen) atoms. The van der Waals surface area contributed by atoms with Crippen LogP contribution in [0.15, 0.2) is 84.6 Å². The molecule has 4 aromatic carbocycles. The smallest absolute Gasteiger partial charge is 0.229 e. The van der Waals surface area contributed by atoms with E-state index in [0.717, 1.165) is 0 Å². The summed E-state index contributed by atoms with van der Waals surface area (Å²) in [5.74, 6) is -2.35. The molecular weight excluding hydrogens is 684 g/mol. The van der Waals surface area contributed by atoms with Crippen LogP contribution in [0.1, 0.15) is 61.1 Å². The Morgan fingerprint density at radius 1 is 0.574 bits per heavy atom. The second-order valence-electron chi connectivity index (χ2n) is 14.0. The number of rotatable bonds is 9. The third kappa shape index (κ3) is 6.13. The topological polar surface area (TPSA) is 158 Å². The Morgan fingerprint density at radius 3 is 1.26 bits per heavy atom. The van der Waals surface area contributed by atoms with Gasteiger partial charge in [-0.3, -0.25) is 9.59 Å². The number of aryl methyl sites for hydroxylation is 2. The van der Waals surface area contributed by atoms with Crippen molar-refractivity contribution in [3.05, 3.63) is 118 Å². The van der Waals surface area contributed by atoms with Crippen LogP contribution in [0.5, 0.6) is 23.0 Å². The fourth-order valence-corrected chi connectivity index (χ4v) is 7.46. The first-order chi connectivity index (χ1) is 25.7. The minimum absolute atomic E-state index is 0.00150. The van der Waals surface area contributed by atoms with Gasteiger partial charge in [0.15, 0.2) is 11.5 Å². The summed E-state index contributed by atoms with van der Waals surface area (Å²) in [6.45, 7) is 10.9. The van der Waals surface area contributed by atoms with Gasteiger partial charge < -0.3 is 40.5 Å².